The summed E-state index contributed by atoms with van der Waals surface area (Å²) in [6, 6.07) is 8.30. The normalized spacial score (nSPS) is 27.3. The fraction of sp³-hybridized carbons (Fsp3) is 0.562. The van der Waals surface area contributed by atoms with Gasteiger partial charge in [0.05, 0.1) is 13.2 Å². The molecule has 108 valence electrons. The van der Waals surface area contributed by atoms with Crippen molar-refractivity contribution in [1.82, 2.24) is 10.2 Å². The van der Waals surface area contributed by atoms with Gasteiger partial charge in [-0.15, -0.1) is 0 Å². The highest BCUT2D eigenvalue weighted by Gasteiger charge is 2.41. The van der Waals surface area contributed by atoms with Gasteiger partial charge >= 0.3 is 0 Å². The Hall–Kier alpha value is -1.55. The molecule has 1 saturated carbocycles. The zero-order valence-corrected chi connectivity index (χ0v) is 12.1. The van der Waals surface area contributed by atoms with Gasteiger partial charge < -0.3 is 9.64 Å². The molecule has 1 aliphatic carbocycles. The molecule has 1 aromatic rings. The van der Waals surface area contributed by atoms with Crippen molar-refractivity contribution in [3.8, 4) is 5.75 Å². The SMILES string of the molecule is COc1ccc(C2NC(C)C(=O)N2C2CCCC2)cc1. The van der Waals surface area contributed by atoms with Crippen LogP contribution in [0.25, 0.3) is 0 Å². The number of amides is 1. The summed E-state index contributed by atoms with van der Waals surface area (Å²) in [6.45, 7) is 1.95. The van der Waals surface area contributed by atoms with E-state index in [0.29, 0.717) is 6.04 Å². The molecule has 4 heteroatoms. The Balaban J connectivity index is 1.86. The van der Waals surface area contributed by atoms with Gasteiger partial charge in [0.25, 0.3) is 0 Å². The molecule has 4 nitrogen and oxygen atoms in total. The summed E-state index contributed by atoms with van der Waals surface area (Å²) in [5.74, 6) is 1.08. The van der Waals surface area contributed by atoms with Crippen LogP contribution in [0.4, 0.5) is 0 Å². The van der Waals surface area contributed by atoms with Crippen LogP contribution in [-0.4, -0.2) is 30.0 Å². The molecule has 2 aliphatic rings. The van der Waals surface area contributed by atoms with E-state index >= 15 is 0 Å². The summed E-state index contributed by atoms with van der Waals surface area (Å²) in [6.07, 6.45) is 4.74. The molecular weight excluding hydrogens is 252 g/mol. The molecule has 20 heavy (non-hydrogen) atoms. The van der Waals surface area contributed by atoms with Crippen LogP contribution in [0.3, 0.4) is 0 Å². The van der Waals surface area contributed by atoms with Gasteiger partial charge in [0.1, 0.15) is 11.9 Å². The number of carbonyl (C=O) groups is 1. The minimum atomic E-state index is -0.0947. The monoisotopic (exact) mass is 274 g/mol. The van der Waals surface area contributed by atoms with Crippen molar-refractivity contribution in [2.45, 2.75) is 50.9 Å². The molecule has 1 N–H and O–H groups in total. The molecule has 0 aromatic heterocycles. The van der Waals surface area contributed by atoms with Gasteiger partial charge in [-0.05, 0) is 37.5 Å². The molecule has 0 bridgehead atoms. The lowest BCUT2D eigenvalue weighted by Gasteiger charge is -2.30. The molecular formula is C16H22N2O2. The highest BCUT2D eigenvalue weighted by Crippen LogP contribution is 2.34. The summed E-state index contributed by atoms with van der Waals surface area (Å²) >= 11 is 0. The van der Waals surface area contributed by atoms with E-state index < -0.39 is 0 Å². The van der Waals surface area contributed by atoms with Crippen LogP contribution in [0, 0.1) is 0 Å². The van der Waals surface area contributed by atoms with E-state index in [1.54, 1.807) is 7.11 Å². The van der Waals surface area contributed by atoms with Gasteiger partial charge in [-0.3, -0.25) is 10.1 Å². The predicted molar refractivity (Wildman–Crippen MR) is 77.4 cm³/mol. The van der Waals surface area contributed by atoms with Crippen LogP contribution in [0.15, 0.2) is 24.3 Å². The molecule has 2 atom stereocenters. The van der Waals surface area contributed by atoms with E-state index in [4.69, 9.17) is 4.74 Å². The molecule has 1 heterocycles. The number of ether oxygens (including phenoxy) is 1. The lowest BCUT2D eigenvalue weighted by molar-refractivity contribution is -0.132. The third-order valence-corrected chi connectivity index (χ3v) is 4.46. The van der Waals surface area contributed by atoms with E-state index in [1.165, 1.54) is 12.8 Å². The quantitative estimate of drug-likeness (QED) is 0.920. The lowest BCUT2D eigenvalue weighted by Crippen LogP contribution is -2.38. The minimum Gasteiger partial charge on any atom is -0.497 e. The van der Waals surface area contributed by atoms with Crippen molar-refractivity contribution in [2.24, 2.45) is 0 Å². The molecule has 1 amide bonds. The van der Waals surface area contributed by atoms with Crippen molar-refractivity contribution in [3.05, 3.63) is 29.8 Å². The number of methoxy groups -OCH3 is 1. The van der Waals surface area contributed by atoms with E-state index in [1.807, 2.05) is 31.2 Å². The minimum absolute atomic E-state index is 0.00602. The van der Waals surface area contributed by atoms with E-state index in [9.17, 15) is 4.79 Å². The number of hydrogen-bond donors (Lipinski definition) is 1. The summed E-state index contributed by atoms with van der Waals surface area (Å²) in [4.78, 5) is 14.5. The number of carbonyl (C=O) groups excluding carboxylic acids is 1. The van der Waals surface area contributed by atoms with Crippen molar-refractivity contribution >= 4 is 5.91 Å². The first-order valence-corrected chi connectivity index (χ1v) is 7.43. The molecule has 2 unspecified atom stereocenters. The summed E-state index contributed by atoms with van der Waals surface area (Å²) in [5.41, 5.74) is 1.13. The Bertz CT molecular complexity index is 480. The number of hydrogen-bond acceptors (Lipinski definition) is 3. The van der Waals surface area contributed by atoms with Crippen LogP contribution in [-0.2, 0) is 4.79 Å². The second kappa shape index (κ2) is 5.44. The van der Waals surface area contributed by atoms with Gasteiger partial charge in [0, 0.05) is 6.04 Å². The number of rotatable bonds is 3. The van der Waals surface area contributed by atoms with Gasteiger partial charge in [0.15, 0.2) is 0 Å². The second-order valence-electron chi connectivity index (χ2n) is 5.75. The molecule has 0 spiro atoms. The largest absolute Gasteiger partial charge is 0.497 e. The lowest BCUT2D eigenvalue weighted by atomic mass is 10.1. The topological polar surface area (TPSA) is 41.6 Å². The third-order valence-electron chi connectivity index (χ3n) is 4.46. The maximum absolute atomic E-state index is 12.4. The molecule has 1 saturated heterocycles. The van der Waals surface area contributed by atoms with E-state index in [-0.39, 0.29) is 18.1 Å². The van der Waals surface area contributed by atoms with E-state index in [0.717, 1.165) is 24.2 Å². The molecule has 0 radical (unpaired) electrons. The van der Waals surface area contributed by atoms with Crippen LogP contribution in [0.1, 0.15) is 44.3 Å². The number of benzene rings is 1. The van der Waals surface area contributed by atoms with Crippen molar-refractivity contribution in [2.75, 3.05) is 7.11 Å². The van der Waals surface area contributed by atoms with Crippen molar-refractivity contribution < 1.29 is 9.53 Å². The average Bonchev–Trinajstić information content (AvgIpc) is 3.08. The fourth-order valence-electron chi connectivity index (χ4n) is 3.36. The van der Waals surface area contributed by atoms with E-state index in [2.05, 4.69) is 10.2 Å². The van der Waals surface area contributed by atoms with Crippen LogP contribution >= 0.6 is 0 Å². The first-order chi connectivity index (χ1) is 9.70. The fourth-order valence-corrected chi connectivity index (χ4v) is 3.36. The van der Waals surface area contributed by atoms with Crippen molar-refractivity contribution in [1.29, 1.82) is 0 Å². The molecule has 2 fully saturated rings. The summed E-state index contributed by atoms with van der Waals surface area (Å²) in [7, 11) is 1.67. The first kappa shape index (κ1) is 13.4. The van der Waals surface area contributed by atoms with Crippen LogP contribution in [0.2, 0.25) is 0 Å². The van der Waals surface area contributed by atoms with Gasteiger partial charge in [0.2, 0.25) is 5.91 Å². The Morgan fingerprint density at radius 2 is 1.85 bits per heavy atom. The maximum Gasteiger partial charge on any atom is 0.241 e. The molecule has 1 aliphatic heterocycles. The van der Waals surface area contributed by atoms with Crippen LogP contribution < -0.4 is 10.1 Å². The Kier molecular flexibility index (Phi) is 3.66. The Morgan fingerprint density at radius 3 is 2.45 bits per heavy atom. The zero-order valence-electron chi connectivity index (χ0n) is 12.1. The molecule has 3 rings (SSSR count). The zero-order chi connectivity index (χ0) is 14.1. The Labute approximate surface area is 120 Å². The first-order valence-electron chi connectivity index (χ1n) is 7.43. The Morgan fingerprint density at radius 1 is 1.20 bits per heavy atom. The number of nitrogens with zero attached hydrogens (tertiary/aromatic N) is 1. The second-order valence-corrected chi connectivity index (χ2v) is 5.75. The molecule has 1 aromatic carbocycles. The highest BCUT2D eigenvalue weighted by atomic mass is 16.5. The number of nitrogens with one attached hydrogen (secondary N) is 1. The smallest absolute Gasteiger partial charge is 0.241 e. The summed E-state index contributed by atoms with van der Waals surface area (Å²) in [5, 5.41) is 3.42. The van der Waals surface area contributed by atoms with Crippen LogP contribution in [0.5, 0.6) is 5.75 Å². The maximum atomic E-state index is 12.4. The standard InChI is InChI=1S/C16H22N2O2/c1-11-16(19)18(13-5-3-4-6-13)15(17-11)12-7-9-14(20-2)10-8-12/h7-11,13,15,17H,3-6H2,1-2H3. The van der Waals surface area contributed by atoms with Gasteiger partial charge in [-0.1, -0.05) is 25.0 Å². The highest BCUT2D eigenvalue weighted by molar-refractivity contribution is 5.84. The summed E-state index contributed by atoms with van der Waals surface area (Å²) < 4.78 is 5.20. The van der Waals surface area contributed by atoms with Gasteiger partial charge in [-0.25, -0.2) is 0 Å². The predicted octanol–water partition coefficient (Wildman–Crippen LogP) is 2.46. The average molecular weight is 274 g/mol. The van der Waals surface area contributed by atoms with Crippen molar-refractivity contribution in [3.63, 3.8) is 0 Å². The third kappa shape index (κ3) is 2.29. The van der Waals surface area contributed by atoms with Gasteiger partial charge in [-0.2, -0.15) is 0 Å².